The molecule has 17 heavy (non-hydrogen) atoms. The van der Waals surface area contributed by atoms with Crippen molar-refractivity contribution >= 4 is 11.6 Å². The van der Waals surface area contributed by atoms with E-state index in [2.05, 4.69) is 6.07 Å². The third-order valence-electron chi connectivity index (χ3n) is 3.61. The van der Waals surface area contributed by atoms with Gasteiger partial charge in [0, 0.05) is 11.6 Å². The van der Waals surface area contributed by atoms with Crippen LogP contribution in [0.3, 0.4) is 0 Å². The van der Waals surface area contributed by atoms with E-state index in [0.29, 0.717) is 0 Å². The quantitative estimate of drug-likeness (QED) is 0.796. The van der Waals surface area contributed by atoms with Crippen molar-refractivity contribution < 1.29 is 9.47 Å². The van der Waals surface area contributed by atoms with E-state index in [1.165, 1.54) is 17.5 Å². The van der Waals surface area contributed by atoms with E-state index in [9.17, 15) is 0 Å². The van der Waals surface area contributed by atoms with Gasteiger partial charge >= 0.3 is 0 Å². The van der Waals surface area contributed by atoms with Gasteiger partial charge in [-0.3, -0.25) is 0 Å². The van der Waals surface area contributed by atoms with Crippen LogP contribution in [0.4, 0.5) is 0 Å². The van der Waals surface area contributed by atoms with Gasteiger partial charge in [0.25, 0.3) is 0 Å². The predicted octanol–water partition coefficient (Wildman–Crippen LogP) is 3.87. The molecule has 92 valence electrons. The van der Waals surface area contributed by atoms with Crippen molar-refractivity contribution in [2.24, 2.45) is 0 Å². The van der Waals surface area contributed by atoms with Gasteiger partial charge in [-0.05, 0) is 49.3 Å². The highest BCUT2D eigenvalue weighted by atomic mass is 35.5. The van der Waals surface area contributed by atoms with E-state index < -0.39 is 0 Å². The van der Waals surface area contributed by atoms with Gasteiger partial charge in [-0.1, -0.05) is 23.7 Å². The molecule has 2 aliphatic rings. The van der Waals surface area contributed by atoms with Crippen LogP contribution in [0.5, 0.6) is 0 Å². The Morgan fingerprint density at radius 1 is 1.24 bits per heavy atom. The molecular weight excluding hydrogens is 236 g/mol. The molecule has 3 heteroatoms. The highest BCUT2D eigenvalue weighted by Crippen LogP contribution is 2.39. The normalized spacial score (nSPS) is 28.1. The molecule has 1 saturated heterocycles. The first-order valence-corrected chi connectivity index (χ1v) is 6.77. The molecule has 1 aromatic carbocycles. The lowest BCUT2D eigenvalue weighted by molar-refractivity contribution is -0.189. The minimum atomic E-state index is -0.0151. The fourth-order valence-electron chi connectivity index (χ4n) is 2.71. The van der Waals surface area contributed by atoms with Crippen molar-refractivity contribution in [1.82, 2.24) is 0 Å². The molecule has 1 aliphatic carbocycles. The van der Waals surface area contributed by atoms with Crippen LogP contribution >= 0.6 is 11.6 Å². The van der Waals surface area contributed by atoms with Crippen LogP contribution in [0.1, 0.15) is 42.9 Å². The topological polar surface area (TPSA) is 18.5 Å². The van der Waals surface area contributed by atoms with Crippen LogP contribution < -0.4 is 0 Å². The second kappa shape index (κ2) is 4.97. The maximum Gasteiger partial charge on any atom is 0.158 e. The summed E-state index contributed by atoms with van der Waals surface area (Å²) in [5.74, 6) is 0. The Bertz CT molecular complexity index is 399. The van der Waals surface area contributed by atoms with Gasteiger partial charge < -0.3 is 9.47 Å². The first kappa shape index (κ1) is 11.5. The van der Waals surface area contributed by atoms with Gasteiger partial charge in [-0.25, -0.2) is 0 Å². The lowest BCUT2D eigenvalue weighted by atomic mass is 10.1. The Hall–Kier alpha value is -0.570. The fourth-order valence-corrected chi connectivity index (χ4v) is 2.99. The summed E-state index contributed by atoms with van der Waals surface area (Å²) in [5, 5.41) is 0.873. The van der Waals surface area contributed by atoms with E-state index in [1.807, 2.05) is 12.1 Å². The highest BCUT2D eigenvalue weighted by molar-refractivity contribution is 6.31. The zero-order chi connectivity index (χ0) is 11.7. The van der Waals surface area contributed by atoms with E-state index in [1.54, 1.807) is 0 Å². The van der Waals surface area contributed by atoms with Gasteiger partial charge in [0.05, 0.1) is 6.10 Å². The number of hydrogen-bond acceptors (Lipinski definition) is 2. The number of benzene rings is 1. The van der Waals surface area contributed by atoms with Gasteiger partial charge in [0.2, 0.25) is 0 Å². The third-order valence-corrected chi connectivity index (χ3v) is 3.97. The van der Waals surface area contributed by atoms with Gasteiger partial charge in [0.15, 0.2) is 6.29 Å². The summed E-state index contributed by atoms with van der Waals surface area (Å²) in [4.78, 5) is 0. The predicted molar refractivity (Wildman–Crippen MR) is 67.2 cm³/mol. The van der Waals surface area contributed by atoms with Crippen LogP contribution in [0.25, 0.3) is 0 Å². The van der Waals surface area contributed by atoms with E-state index in [0.717, 1.165) is 37.3 Å². The second-order valence-electron chi connectivity index (χ2n) is 4.77. The van der Waals surface area contributed by atoms with Crippen LogP contribution in [-0.4, -0.2) is 12.9 Å². The lowest BCUT2D eigenvalue weighted by Gasteiger charge is -2.26. The molecule has 2 atom stereocenters. The van der Waals surface area contributed by atoms with Crippen molar-refractivity contribution in [3.8, 4) is 0 Å². The average molecular weight is 253 g/mol. The monoisotopic (exact) mass is 252 g/mol. The van der Waals surface area contributed by atoms with Crippen LogP contribution in [0, 0.1) is 0 Å². The molecule has 0 N–H and O–H groups in total. The molecule has 1 aromatic rings. The number of halogens is 1. The maximum absolute atomic E-state index is 6.19. The van der Waals surface area contributed by atoms with Gasteiger partial charge in [0.1, 0.15) is 0 Å². The van der Waals surface area contributed by atoms with Crippen LogP contribution in [-0.2, 0) is 15.9 Å². The third kappa shape index (κ3) is 2.35. The summed E-state index contributed by atoms with van der Waals surface area (Å²) in [6, 6.07) is 6.09. The van der Waals surface area contributed by atoms with Crippen molar-refractivity contribution in [3.63, 3.8) is 0 Å². The Morgan fingerprint density at radius 2 is 2.18 bits per heavy atom. The smallest absolute Gasteiger partial charge is 0.158 e. The summed E-state index contributed by atoms with van der Waals surface area (Å²) < 4.78 is 11.7. The highest BCUT2D eigenvalue weighted by Gasteiger charge is 2.28. The summed E-state index contributed by atoms with van der Waals surface area (Å²) in [5.41, 5.74) is 2.52. The molecule has 0 saturated carbocycles. The van der Waals surface area contributed by atoms with Gasteiger partial charge in [-0.15, -0.1) is 0 Å². The number of hydrogen-bond donors (Lipinski definition) is 0. The molecule has 1 heterocycles. The molecule has 0 spiro atoms. The summed E-state index contributed by atoms with van der Waals surface area (Å²) >= 11 is 6.19. The average Bonchev–Trinajstić information content (AvgIpc) is 2.76. The van der Waals surface area contributed by atoms with Crippen LogP contribution in [0.2, 0.25) is 5.02 Å². The molecule has 0 bridgehead atoms. The van der Waals surface area contributed by atoms with E-state index in [-0.39, 0.29) is 12.4 Å². The van der Waals surface area contributed by atoms with E-state index >= 15 is 0 Å². The summed E-state index contributed by atoms with van der Waals surface area (Å²) in [7, 11) is 0. The molecular formula is C14H17ClO2. The molecule has 2 unspecified atom stereocenters. The van der Waals surface area contributed by atoms with E-state index in [4.69, 9.17) is 21.1 Å². The van der Waals surface area contributed by atoms with Crippen molar-refractivity contribution in [2.45, 2.75) is 44.5 Å². The standard InChI is InChI=1S/C14H17ClO2/c15-12-5-3-4-11-10(12)7-8-13(11)17-14-6-1-2-9-16-14/h3-5,13-14H,1-2,6-9H2. The Labute approximate surface area is 107 Å². The number of rotatable bonds is 2. The number of fused-ring (bicyclic) bond motifs is 1. The zero-order valence-electron chi connectivity index (χ0n) is 9.82. The van der Waals surface area contributed by atoms with Crippen molar-refractivity contribution in [2.75, 3.05) is 6.61 Å². The van der Waals surface area contributed by atoms with Gasteiger partial charge in [-0.2, -0.15) is 0 Å². The molecule has 0 amide bonds. The Kier molecular flexibility index (Phi) is 3.37. The first-order chi connectivity index (χ1) is 8.34. The largest absolute Gasteiger partial charge is 0.353 e. The molecule has 3 rings (SSSR count). The fraction of sp³-hybridized carbons (Fsp3) is 0.571. The SMILES string of the molecule is Clc1cccc2c1CCC2OC1CCCCO1. The van der Waals surface area contributed by atoms with Crippen LogP contribution in [0.15, 0.2) is 18.2 Å². The lowest BCUT2D eigenvalue weighted by Crippen LogP contribution is -2.23. The molecule has 0 radical (unpaired) electrons. The van der Waals surface area contributed by atoms with Crippen molar-refractivity contribution in [1.29, 1.82) is 0 Å². The number of ether oxygens (including phenoxy) is 2. The first-order valence-electron chi connectivity index (χ1n) is 6.39. The Balaban J connectivity index is 1.72. The zero-order valence-corrected chi connectivity index (χ0v) is 10.6. The summed E-state index contributed by atoms with van der Waals surface area (Å²) in [6.07, 6.45) is 5.59. The maximum atomic E-state index is 6.19. The molecule has 1 fully saturated rings. The Morgan fingerprint density at radius 3 is 3.00 bits per heavy atom. The van der Waals surface area contributed by atoms with Crippen molar-refractivity contribution in [3.05, 3.63) is 34.3 Å². The molecule has 0 aromatic heterocycles. The summed E-state index contributed by atoms with van der Waals surface area (Å²) in [6.45, 7) is 0.833. The minimum Gasteiger partial charge on any atom is -0.353 e. The molecule has 1 aliphatic heterocycles. The molecule has 2 nitrogen and oxygen atoms in total. The second-order valence-corrected chi connectivity index (χ2v) is 5.17. The minimum absolute atomic E-state index is 0.0151.